The van der Waals surface area contributed by atoms with Crippen LogP contribution in [0.2, 0.25) is 0 Å². The second-order valence-corrected chi connectivity index (χ2v) is 17.0. The lowest BCUT2D eigenvalue weighted by molar-refractivity contribution is 0.597. The molecule has 0 spiro atoms. The summed E-state index contributed by atoms with van der Waals surface area (Å²) in [7, 11) is -3.91. The molecule has 2 aromatic heterocycles. The molecular formula is C34H30O2S5. The molecular weight excluding hydrogens is 601 g/mol. The van der Waals surface area contributed by atoms with Crippen molar-refractivity contribution in [2.45, 2.75) is 45.9 Å². The third kappa shape index (κ3) is 5.17. The second-order valence-electron chi connectivity index (χ2n) is 9.90. The number of sulfone groups is 1. The molecule has 0 aliphatic carbocycles. The molecule has 6 aromatic rings. The molecule has 0 atom stereocenters. The third-order valence-corrected chi connectivity index (χ3v) is 13.4. The number of aryl methyl sites for hydroxylation is 2. The van der Waals surface area contributed by atoms with E-state index in [9.17, 15) is 0 Å². The van der Waals surface area contributed by atoms with Gasteiger partial charge in [0.15, 0.2) is 0 Å². The van der Waals surface area contributed by atoms with Gasteiger partial charge in [-0.1, -0.05) is 74.5 Å². The van der Waals surface area contributed by atoms with Crippen LogP contribution in [0.5, 0.6) is 0 Å². The molecule has 0 radical (unpaired) electrons. The summed E-state index contributed by atoms with van der Waals surface area (Å²) in [5.41, 5.74) is 6.04. The third-order valence-electron chi connectivity index (χ3n) is 6.99. The topological polar surface area (TPSA) is 34.1 Å². The number of benzene rings is 4. The van der Waals surface area contributed by atoms with Crippen LogP contribution in [0.1, 0.15) is 25.0 Å². The van der Waals surface area contributed by atoms with Gasteiger partial charge in [-0.05, 0) is 71.9 Å². The minimum absolute atomic E-state index is 0.396. The molecule has 0 fully saturated rings. The van der Waals surface area contributed by atoms with Crippen molar-refractivity contribution >= 4 is 76.2 Å². The van der Waals surface area contributed by atoms with Crippen molar-refractivity contribution in [1.29, 1.82) is 0 Å². The Morgan fingerprint density at radius 2 is 1.00 bits per heavy atom. The molecule has 4 aromatic carbocycles. The van der Waals surface area contributed by atoms with Crippen molar-refractivity contribution in [2.75, 3.05) is 11.5 Å². The monoisotopic (exact) mass is 630 g/mol. The van der Waals surface area contributed by atoms with Crippen molar-refractivity contribution in [3.05, 3.63) is 96.1 Å². The van der Waals surface area contributed by atoms with Crippen LogP contribution >= 0.6 is 46.2 Å². The van der Waals surface area contributed by atoms with E-state index in [1.807, 2.05) is 62.4 Å². The summed E-state index contributed by atoms with van der Waals surface area (Å²) in [4.78, 5) is 0.791. The zero-order valence-corrected chi connectivity index (χ0v) is 27.4. The Hall–Kier alpha value is -2.55. The minimum Gasteiger partial charge on any atom is -0.218 e. The van der Waals surface area contributed by atoms with Crippen molar-refractivity contribution < 1.29 is 8.42 Å². The number of rotatable bonds is 8. The molecule has 7 heteroatoms. The number of fused-ring (bicyclic) bond motifs is 2. The molecule has 2 heterocycles. The maximum Gasteiger partial charge on any atom is 0.207 e. The molecule has 6 rings (SSSR count). The summed E-state index contributed by atoms with van der Waals surface area (Å²) in [6.45, 7) is 8.28. The highest BCUT2D eigenvalue weighted by Crippen LogP contribution is 2.51. The molecule has 0 saturated carbocycles. The van der Waals surface area contributed by atoms with Crippen LogP contribution in [0.25, 0.3) is 42.4 Å². The molecule has 0 aliphatic heterocycles. The fourth-order valence-electron chi connectivity index (χ4n) is 5.34. The molecule has 2 nitrogen and oxygen atoms in total. The van der Waals surface area contributed by atoms with Gasteiger partial charge in [-0.3, -0.25) is 0 Å². The summed E-state index contributed by atoms with van der Waals surface area (Å²) in [5, 5.41) is 1.66. The van der Waals surface area contributed by atoms with Gasteiger partial charge in [0.2, 0.25) is 9.84 Å². The van der Waals surface area contributed by atoms with Crippen LogP contribution in [0, 0.1) is 13.8 Å². The maximum absolute atomic E-state index is 15.1. The van der Waals surface area contributed by atoms with Gasteiger partial charge in [0.25, 0.3) is 0 Å². The summed E-state index contributed by atoms with van der Waals surface area (Å²) in [6.07, 6.45) is 0. The molecule has 0 saturated heterocycles. The molecule has 0 amide bonds. The number of thiophene rings is 2. The van der Waals surface area contributed by atoms with Gasteiger partial charge in [-0.2, -0.15) is 0 Å². The largest absolute Gasteiger partial charge is 0.218 e. The Morgan fingerprint density at radius 1 is 0.610 bits per heavy atom. The molecule has 208 valence electrons. The highest BCUT2D eigenvalue weighted by Gasteiger charge is 2.30. The standard InChI is InChI=1S/C34H30O2S5/c1-5-37-33-29(23-13-9-7-10-14-23)31-25(39-33)17-21(3)19-27(31)41(35,36)28-20-22(4)18-26-32(28)30(34(40-26)38-6-2)24-15-11-8-12-16-24/h7-20H,5-6H2,1-4H3. The van der Waals surface area contributed by atoms with Gasteiger partial charge in [0, 0.05) is 31.3 Å². The molecule has 0 N–H and O–H groups in total. The van der Waals surface area contributed by atoms with E-state index in [0.717, 1.165) is 73.5 Å². The van der Waals surface area contributed by atoms with Crippen molar-refractivity contribution in [2.24, 2.45) is 0 Å². The quantitative estimate of drug-likeness (QED) is 0.157. The first-order chi connectivity index (χ1) is 19.8. The van der Waals surface area contributed by atoms with Crippen LogP contribution in [-0.4, -0.2) is 19.9 Å². The zero-order chi connectivity index (χ0) is 28.7. The first kappa shape index (κ1) is 28.6. The van der Waals surface area contributed by atoms with Gasteiger partial charge in [-0.15, -0.1) is 46.2 Å². The second kappa shape index (κ2) is 11.6. The highest BCUT2D eigenvalue weighted by molar-refractivity contribution is 8.01. The predicted molar refractivity (Wildman–Crippen MR) is 182 cm³/mol. The smallest absolute Gasteiger partial charge is 0.207 e. The molecule has 41 heavy (non-hydrogen) atoms. The van der Waals surface area contributed by atoms with Crippen molar-refractivity contribution in [3.63, 3.8) is 0 Å². The predicted octanol–water partition coefficient (Wildman–Crippen LogP) is 11.1. The Balaban J connectivity index is 1.72. The Bertz CT molecular complexity index is 1850. The van der Waals surface area contributed by atoms with Gasteiger partial charge >= 0.3 is 0 Å². The Labute approximate surface area is 258 Å². The zero-order valence-electron chi connectivity index (χ0n) is 23.4. The summed E-state index contributed by atoms with van der Waals surface area (Å²) < 4.78 is 34.5. The van der Waals surface area contributed by atoms with Gasteiger partial charge in [0.1, 0.15) is 0 Å². The minimum atomic E-state index is -3.91. The van der Waals surface area contributed by atoms with Crippen LogP contribution in [0.4, 0.5) is 0 Å². The van der Waals surface area contributed by atoms with E-state index in [2.05, 4.69) is 50.2 Å². The summed E-state index contributed by atoms with van der Waals surface area (Å²) >= 11 is 6.95. The van der Waals surface area contributed by atoms with Gasteiger partial charge in [-0.25, -0.2) is 8.42 Å². The average molecular weight is 631 g/mol. The van der Waals surface area contributed by atoms with Crippen LogP contribution in [0.15, 0.2) is 103 Å². The number of hydrogen-bond acceptors (Lipinski definition) is 6. The van der Waals surface area contributed by atoms with E-state index < -0.39 is 9.84 Å². The average Bonchev–Trinajstić information content (AvgIpc) is 3.50. The van der Waals surface area contributed by atoms with E-state index in [1.165, 1.54) is 0 Å². The number of hydrogen-bond donors (Lipinski definition) is 0. The normalized spacial score (nSPS) is 12.0. The van der Waals surface area contributed by atoms with E-state index in [-0.39, 0.29) is 0 Å². The summed E-state index contributed by atoms with van der Waals surface area (Å²) in [5.74, 6) is 1.83. The van der Waals surface area contributed by atoms with Gasteiger partial charge < -0.3 is 0 Å². The highest BCUT2D eigenvalue weighted by atomic mass is 32.2. The SMILES string of the molecule is CCSc1sc2cc(C)cc(S(=O)(=O)c3cc(C)cc4sc(SCC)c(-c5ccccc5)c34)c2c1-c1ccccc1. The van der Waals surface area contributed by atoms with Gasteiger partial charge in [0.05, 0.1) is 18.2 Å². The van der Waals surface area contributed by atoms with E-state index in [4.69, 9.17) is 0 Å². The Kier molecular flexibility index (Phi) is 8.09. The maximum atomic E-state index is 15.1. The Morgan fingerprint density at radius 3 is 1.37 bits per heavy atom. The van der Waals surface area contributed by atoms with Crippen LogP contribution in [0.3, 0.4) is 0 Å². The lowest BCUT2D eigenvalue weighted by Gasteiger charge is -2.14. The molecule has 0 bridgehead atoms. The fourth-order valence-corrected chi connectivity index (χ4v) is 12.5. The molecule has 0 aliphatic rings. The van der Waals surface area contributed by atoms with Crippen LogP contribution < -0.4 is 0 Å². The number of thioether (sulfide) groups is 2. The van der Waals surface area contributed by atoms with E-state index in [0.29, 0.717) is 9.79 Å². The fraction of sp³-hybridized carbons (Fsp3) is 0.176. The summed E-state index contributed by atoms with van der Waals surface area (Å²) in [6, 6.07) is 28.5. The first-order valence-electron chi connectivity index (χ1n) is 13.6. The lowest BCUT2D eigenvalue weighted by Crippen LogP contribution is -2.05. The first-order valence-corrected chi connectivity index (χ1v) is 18.7. The van der Waals surface area contributed by atoms with Crippen LogP contribution in [-0.2, 0) is 9.84 Å². The van der Waals surface area contributed by atoms with Crippen molar-refractivity contribution in [3.8, 4) is 22.3 Å². The lowest BCUT2D eigenvalue weighted by atomic mass is 10.0. The van der Waals surface area contributed by atoms with Crippen molar-refractivity contribution in [1.82, 2.24) is 0 Å². The van der Waals surface area contributed by atoms with E-state index >= 15 is 8.42 Å². The van der Waals surface area contributed by atoms with E-state index in [1.54, 1.807) is 46.2 Å². The molecule has 0 unspecified atom stereocenters.